The Morgan fingerprint density at radius 1 is 1.04 bits per heavy atom. The number of amides is 1. The summed E-state index contributed by atoms with van der Waals surface area (Å²) in [6.07, 6.45) is 0. The number of nitrogens with zero attached hydrogens (tertiary/aromatic N) is 1. The van der Waals surface area contributed by atoms with Crippen LogP contribution in [0.15, 0.2) is 48.5 Å². The lowest BCUT2D eigenvalue weighted by atomic mass is 10.2. The first kappa shape index (κ1) is 16.3. The molecule has 0 spiro atoms. The highest BCUT2D eigenvalue weighted by Crippen LogP contribution is 2.26. The summed E-state index contributed by atoms with van der Waals surface area (Å²) in [7, 11) is 0. The molecule has 1 aliphatic rings. The average molecular weight is 329 g/mol. The van der Waals surface area contributed by atoms with E-state index in [9.17, 15) is 9.18 Å². The van der Waals surface area contributed by atoms with Gasteiger partial charge in [0.15, 0.2) is 0 Å². The lowest BCUT2D eigenvalue weighted by Crippen LogP contribution is -2.37. The lowest BCUT2D eigenvalue weighted by molar-refractivity contribution is -0.114. The highest BCUT2D eigenvalue weighted by Gasteiger charge is 2.15. The SMILES string of the molecule is O=C(CNc1ccccc1F)Nc1ccccc1N1CCOCC1. The van der Waals surface area contributed by atoms with Gasteiger partial charge in [-0.2, -0.15) is 0 Å². The maximum absolute atomic E-state index is 13.6. The van der Waals surface area contributed by atoms with Gasteiger partial charge in [0.05, 0.1) is 36.8 Å². The number of benzene rings is 2. The number of rotatable bonds is 5. The van der Waals surface area contributed by atoms with E-state index in [0.717, 1.165) is 24.5 Å². The van der Waals surface area contributed by atoms with Crippen LogP contribution >= 0.6 is 0 Å². The van der Waals surface area contributed by atoms with E-state index >= 15 is 0 Å². The topological polar surface area (TPSA) is 53.6 Å². The predicted octanol–water partition coefficient (Wildman–Crippen LogP) is 2.71. The number of nitrogens with one attached hydrogen (secondary N) is 2. The maximum atomic E-state index is 13.6. The molecule has 1 amide bonds. The molecule has 0 atom stereocenters. The Hall–Kier alpha value is -2.60. The minimum Gasteiger partial charge on any atom is -0.378 e. The average Bonchev–Trinajstić information content (AvgIpc) is 2.62. The molecule has 1 saturated heterocycles. The van der Waals surface area contributed by atoms with Gasteiger partial charge in [-0.05, 0) is 24.3 Å². The number of halogens is 1. The fraction of sp³-hybridized carbons (Fsp3) is 0.278. The molecule has 24 heavy (non-hydrogen) atoms. The molecule has 5 nitrogen and oxygen atoms in total. The predicted molar refractivity (Wildman–Crippen MR) is 93.0 cm³/mol. The molecule has 0 unspecified atom stereocenters. The number of ether oxygens (including phenoxy) is 1. The summed E-state index contributed by atoms with van der Waals surface area (Å²) in [6, 6.07) is 14.0. The van der Waals surface area contributed by atoms with Gasteiger partial charge in [0.1, 0.15) is 5.82 Å². The van der Waals surface area contributed by atoms with E-state index in [2.05, 4.69) is 15.5 Å². The van der Waals surface area contributed by atoms with Gasteiger partial charge in [-0.3, -0.25) is 4.79 Å². The number of carbonyl (C=O) groups excluding carboxylic acids is 1. The Morgan fingerprint density at radius 2 is 1.71 bits per heavy atom. The normalized spacial score (nSPS) is 14.3. The molecular formula is C18H20FN3O2. The van der Waals surface area contributed by atoms with Crippen molar-refractivity contribution in [3.63, 3.8) is 0 Å². The molecule has 0 saturated carbocycles. The zero-order valence-electron chi connectivity index (χ0n) is 13.3. The first-order valence-corrected chi connectivity index (χ1v) is 7.94. The number of carbonyl (C=O) groups is 1. The number of para-hydroxylation sites is 3. The summed E-state index contributed by atoms with van der Waals surface area (Å²) < 4.78 is 18.9. The van der Waals surface area contributed by atoms with Crippen molar-refractivity contribution in [1.29, 1.82) is 0 Å². The van der Waals surface area contributed by atoms with Crippen LogP contribution in [0, 0.1) is 5.82 Å². The second-order valence-electron chi connectivity index (χ2n) is 5.50. The molecule has 1 heterocycles. The zero-order chi connectivity index (χ0) is 16.8. The van der Waals surface area contributed by atoms with E-state index in [4.69, 9.17) is 4.74 Å². The Balaban J connectivity index is 1.63. The second-order valence-corrected chi connectivity index (χ2v) is 5.50. The first-order chi connectivity index (χ1) is 11.7. The molecule has 6 heteroatoms. The first-order valence-electron chi connectivity index (χ1n) is 7.94. The molecule has 2 aromatic rings. The molecule has 2 N–H and O–H groups in total. The van der Waals surface area contributed by atoms with E-state index in [-0.39, 0.29) is 18.3 Å². The van der Waals surface area contributed by atoms with Gasteiger partial charge in [0.25, 0.3) is 0 Å². The van der Waals surface area contributed by atoms with E-state index in [0.29, 0.717) is 18.9 Å². The third kappa shape index (κ3) is 4.02. The molecule has 3 rings (SSSR count). The van der Waals surface area contributed by atoms with Gasteiger partial charge in [0.2, 0.25) is 5.91 Å². The highest BCUT2D eigenvalue weighted by atomic mass is 19.1. The Kier molecular flexibility index (Phi) is 5.28. The Morgan fingerprint density at radius 3 is 2.46 bits per heavy atom. The molecule has 2 aromatic carbocycles. The van der Waals surface area contributed by atoms with Crippen LogP contribution in [-0.2, 0) is 9.53 Å². The van der Waals surface area contributed by atoms with Crippen molar-refractivity contribution in [2.24, 2.45) is 0 Å². The van der Waals surface area contributed by atoms with Gasteiger partial charge in [0, 0.05) is 13.1 Å². The van der Waals surface area contributed by atoms with E-state index in [1.165, 1.54) is 6.07 Å². The monoisotopic (exact) mass is 329 g/mol. The summed E-state index contributed by atoms with van der Waals surface area (Å²) in [5, 5.41) is 5.70. The van der Waals surface area contributed by atoms with Crippen LogP contribution in [0.3, 0.4) is 0 Å². The van der Waals surface area contributed by atoms with Crippen molar-refractivity contribution in [3.05, 3.63) is 54.3 Å². The van der Waals surface area contributed by atoms with Crippen molar-refractivity contribution in [1.82, 2.24) is 0 Å². The van der Waals surface area contributed by atoms with Crippen molar-refractivity contribution in [3.8, 4) is 0 Å². The van der Waals surface area contributed by atoms with Crippen LogP contribution in [0.4, 0.5) is 21.5 Å². The Bertz CT molecular complexity index is 702. The van der Waals surface area contributed by atoms with E-state index in [1.807, 2.05) is 24.3 Å². The summed E-state index contributed by atoms with van der Waals surface area (Å²) in [5.41, 5.74) is 2.04. The summed E-state index contributed by atoms with van der Waals surface area (Å²) >= 11 is 0. The third-order valence-corrected chi connectivity index (χ3v) is 3.84. The molecule has 126 valence electrons. The van der Waals surface area contributed by atoms with Crippen molar-refractivity contribution in [2.75, 3.05) is 48.4 Å². The van der Waals surface area contributed by atoms with Crippen molar-refractivity contribution < 1.29 is 13.9 Å². The van der Waals surface area contributed by atoms with Crippen LogP contribution in [-0.4, -0.2) is 38.8 Å². The number of hydrogen-bond donors (Lipinski definition) is 2. The maximum Gasteiger partial charge on any atom is 0.243 e. The van der Waals surface area contributed by atoms with Gasteiger partial charge in [-0.1, -0.05) is 24.3 Å². The molecular weight excluding hydrogens is 309 g/mol. The minimum atomic E-state index is -0.376. The fourth-order valence-electron chi connectivity index (χ4n) is 2.63. The van der Waals surface area contributed by atoms with Crippen LogP contribution in [0.25, 0.3) is 0 Å². The smallest absolute Gasteiger partial charge is 0.243 e. The largest absolute Gasteiger partial charge is 0.378 e. The van der Waals surface area contributed by atoms with Gasteiger partial charge in [-0.25, -0.2) is 4.39 Å². The van der Waals surface area contributed by atoms with E-state index < -0.39 is 0 Å². The number of hydrogen-bond acceptors (Lipinski definition) is 4. The third-order valence-electron chi connectivity index (χ3n) is 3.84. The number of morpholine rings is 1. The van der Waals surface area contributed by atoms with Gasteiger partial charge < -0.3 is 20.3 Å². The zero-order valence-corrected chi connectivity index (χ0v) is 13.3. The van der Waals surface area contributed by atoms with E-state index in [1.54, 1.807) is 18.2 Å². The molecule has 0 aliphatic carbocycles. The van der Waals surface area contributed by atoms with Gasteiger partial charge >= 0.3 is 0 Å². The lowest BCUT2D eigenvalue weighted by Gasteiger charge is -2.30. The highest BCUT2D eigenvalue weighted by molar-refractivity contribution is 5.96. The van der Waals surface area contributed by atoms with Crippen molar-refractivity contribution >= 4 is 23.0 Å². The molecule has 1 aliphatic heterocycles. The summed E-state index contributed by atoms with van der Waals surface area (Å²) in [6.45, 7) is 2.94. The summed E-state index contributed by atoms with van der Waals surface area (Å²) in [5.74, 6) is -0.599. The van der Waals surface area contributed by atoms with Crippen LogP contribution in [0.1, 0.15) is 0 Å². The molecule has 0 aromatic heterocycles. The minimum absolute atomic E-state index is 0.00161. The fourth-order valence-corrected chi connectivity index (χ4v) is 2.63. The Labute approximate surface area is 140 Å². The molecule has 0 radical (unpaired) electrons. The van der Waals surface area contributed by atoms with Crippen LogP contribution in [0.5, 0.6) is 0 Å². The molecule has 0 bridgehead atoms. The quantitative estimate of drug-likeness (QED) is 0.886. The standard InChI is InChI=1S/C18H20FN3O2/c19-14-5-1-2-6-15(14)20-13-18(23)21-16-7-3-4-8-17(16)22-9-11-24-12-10-22/h1-8,20H,9-13H2,(H,21,23). The number of anilines is 3. The summed E-state index contributed by atoms with van der Waals surface area (Å²) in [4.78, 5) is 14.4. The van der Waals surface area contributed by atoms with Gasteiger partial charge in [-0.15, -0.1) is 0 Å². The van der Waals surface area contributed by atoms with Crippen LogP contribution < -0.4 is 15.5 Å². The molecule has 1 fully saturated rings. The van der Waals surface area contributed by atoms with Crippen molar-refractivity contribution in [2.45, 2.75) is 0 Å². The second kappa shape index (κ2) is 7.79. The van der Waals surface area contributed by atoms with Crippen LogP contribution in [0.2, 0.25) is 0 Å².